The molecule has 1 atom stereocenters. The summed E-state index contributed by atoms with van der Waals surface area (Å²) in [7, 11) is 1.49. The molecule has 0 radical (unpaired) electrons. The number of ether oxygens (including phenoxy) is 1. The van der Waals surface area contributed by atoms with Crippen LogP contribution in [0.1, 0.15) is 20.8 Å². The van der Waals surface area contributed by atoms with E-state index in [1.54, 1.807) is 39.0 Å². The Morgan fingerprint density at radius 1 is 1.44 bits per heavy atom. The van der Waals surface area contributed by atoms with Gasteiger partial charge in [0.15, 0.2) is 0 Å². The molecule has 0 aliphatic heterocycles. The minimum atomic E-state index is -1.69. The van der Waals surface area contributed by atoms with Crippen LogP contribution in [0, 0.1) is 0 Å². The van der Waals surface area contributed by atoms with Crippen LogP contribution in [0.5, 0.6) is 5.75 Å². The fourth-order valence-electron chi connectivity index (χ4n) is 1.29. The van der Waals surface area contributed by atoms with Crippen molar-refractivity contribution in [3.63, 3.8) is 0 Å². The van der Waals surface area contributed by atoms with Gasteiger partial charge in [-0.15, -0.1) is 0 Å². The summed E-state index contributed by atoms with van der Waals surface area (Å²) in [5.41, 5.74) is 0.329. The molecule has 1 aromatic carbocycles. The number of carbonyl (C=O) groups is 1. The van der Waals surface area contributed by atoms with Gasteiger partial charge in [-0.3, -0.25) is 0 Å². The quantitative estimate of drug-likeness (QED) is 0.858. The van der Waals surface area contributed by atoms with E-state index in [2.05, 4.69) is 0 Å². The Kier molecular flexibility index (Phi) is 4.48. The van der Waals surface area contributed by atoms with Crippen molar-refractivity contribution in [3.05, 3.63) is 24.3 Å². The van der Waals surface area contributed by atoms with Gasteiger partial charge in [-0.2, -0.15) is 0 Å². The van der Waals surface area contributed by atoms with E-state index in [0.717, 1.165) is 4.31 Å². The maximum Gasteiger partial charge on any atom is 0.454 e. The average Bonchev–Trinajstić information content (AvgIpc) is 2.27. The lowest BCUT2D eigenvalue weighted by molar-refractivity contribution is 0.206. The van der Waals surface area contributed by atoms with Crippen LogP contribution in [0.2, 0.25) is 0 Å². The highest BCUT2D eigenvalue weighted by Crippen LogP contribution is 2.29. The fourth-order valence-corrected chi connectivity index (χ4v) is 2.28. The van der Waals surface area contributed by atoms with Crippen molar-refractivity contribution in [2.24, 2.45) is 0 Å². The van der Waals surface area contributed by atoms with Gasteiger partial charge < -0.3 is 14.4 Å². The standard InChI is InChI=1S/C12H17NO4S/c1-12(2,3)18(16)13(11(14)15)9-6-5-7-10(8-9)17-4/h5-8H,1-4H3,(H,14,15). The van der Waals surface area contributed by atoms with E-state index in [1.165, 1.54) is 13.2 Å². The molecule has 1 amide bonds. The molecule has 5 nitrogen and oxygen atoms in total. The largest absolute Gasteiger partial charge is 0.592 e. The molecule has 1 unspecified atom stereocenters. The van der Waals surface area contributed by atoms with Crippen molar-refractivity contribution in [2.75, 3.05) is 11.4 Å². The van der Waals surface area contributed by atoms with Crippen LogP contribution in [0.4, 0.5) is 10.5 Å². The second-order valence-electron chi connectivity index (χ2n) is 4.64. The Bertz CT molecular complexity index is 430. The molecule has 0 aliphatic rings. The number of carboxylic acid groups (broad SMARTS) is 1. The van der Waals surface area contributed by atoms with Crippen molar-refractivity contribution in [2.45, 2.75) is 25.5 Å². The zero-order valence-corrected chi connectivity index (χ0v) is 11.7. The lowest BCUT2D eigenvalue weighted by atomic mass is 10.3. The highest BCUT2D eigenvalue weighted by atomic mass is 32.2. The Morgan fingerprint density at radius 2 is 2.06 bits per heavy atom. The minimum absolute atomic E-state index is 0.329. The summed E-state index contributed by atoms with van der Waals surface area (Å²) >= 11 is -1.69. The first-order chi connectivity index (χ1) is 8.27. The van der Waals surface area contributed by atoms with Crippen LogP contribution >= 0.6 is 0 Å². The summed E-state index contributed by atoms with van der Waals surface area (Å²) in [4.78, 5) is 11.3. The Hall–Kier alpha value is -1.40. The summed E-state index contributed by atoms with van der Waals surface area (Å²) in [6.07, 6.45) is -1.25. The van der Waals surface area contributed by atoms with Crippen LogP contribution in [-0.4, -0.2) is 27.6 Å². The van der Waals surface area contributed by atoms with Crippen LogP contribution in [0.15, 0.2) is 24.3 Å². The van der Waals surface area contributed by atoms with Crippen molar-refractivity contribution >= 4 is 23.1 Å². The summed E-state index contributed by atoms with van der Waals surface area (Å²) in [6.45, 7) is 5.16. The van der Waals surface area contributed by atoms with E-state index in [0.29, 0.717) is 11.4 Å². The SMILES string of the molecule is COc1cccc(N(C(=O)O)[S+]([O-])C(C)(C)C)c1. The second kappa shape index (κ2) is 5.49. The van der Waals surface area contributed by atoms with Gasteiger partial charge in [0.1, 0.15) is 16.2 Å². The molecule has 0 heterocycles. The first-order valence-corrected chi connectivity index (χ1v) is 6.47. The van der Waals surface area contributed by atoms with Gasteiger partial charge in [0.25, 0.3) is 0 Å². The highest BCUT2D eigenvalue weighted by Gasteiger charge is 2.38. The third-order valence-electron chi connectivity index (χ3n) is 2.15. The van der Waals surface area contributed by atoms with Gasteiger partial charge in [-0.1, -0.05) is 10.4 Å². The molecular weight excluding hydrogens is 254 g/mol. The monoisotopic (exact) mass is 271 g/mol. The van der Waals surface area contributed by atoms with Gasteiger partial charge >= 0.3 is 6.09 Å². The van der Waals surface area contributed by atoms with Crippen LogP contribution < -0.4 is 9.04 Å². The molecule has 0 saturated carbocycles. The first-order valence-electron chi connectivity index (χ1n) is 5.36. The van der Waals surface area contributed by atoms with E-state index < -0.39 is 22.2 Å². The van der Waals surface area contributed by atoms with Gasteiger partial charge in [0.2, 0.25) is 0 Å². The third kappa shape index (κ3) is 3.30. The predicted octanol–water partition coefficient (Wildman–Crippen LogP) is 2.64. The summed E-state index contributed by atoms with van der Waals surface area (Å²) in [5.74, 6) is 0.518. The number of hydrogen-bond donors (Lipinski definition) is 1. The summed E-state index contributed by atoms with van der Waals surface area (Å²) < 4.78 is 17.4. The van der Waals surface area contributed by atoms with E-state index >= 15 is 0 Å². The van der Waals surface area contributed by atoms with Gasteiger partial charge in [-0.25, -0.2) is 4.79 Å². The van der Waals surface area contributed by atoms with Crippen LogP contribution in [-0.2, 0) is 11.4 Å². The molecular formula is C12H17NO4S. The van der Waals surface area contributed by atoms with Crippen LogP contribution in [0.3, 0.4) is 0 Å². The fraction of sp³-hybridized carbons (Fsp3) is 0.417. The van der Waals surface area contributed by atoms with Crippen molar-refractivity contribution in [1.29, 1.82) is 0 Å². The number of hydrogen-bond acceptors (Lipinski definition) is 3. The zero-order valence-electron chi connectivity index (χ0n) is 10.8. The van der Waals surface area contributed by atoms with Gasteiger partial charge in [0, 0.05) is 6.07 Å². The number of nitrogens with zero attached hydrogens (tertiary/aromatic N) is 1. The number of benzene rings is 1. The second-order valence-corrected chi connectivity index (χ2v) is 6.73. The third-order valence-corrected chi connectivity index (χ3v) is 3.90. The smallest absolute Gasteiger partial charge is 0.454 e. The maximum absolute atomic E-state index is 12.2. The Morgan fingerprint density at radius 3 is 2.50 bits per heavy atom. The van der Waals surface area contributed by atoms with Crippen molar-refractivity contribution in [1.82, 2.24) is 0 Å². The molecule has 0 spiro atoms. The van der Waals surface area contributed by atoms with Gasteiger partial charge in [0.05, 0.1) is 18.5 Å². The van der Waals surface area contributed by atoms with Crippen molar-refractivity contribution < 1.29 is 19.2 Å². The number of rotatable bonds is 3. The van der Waals surface area contributed by atoms with E-state index in [-0.39, 0.29) is 0 Å². The van der Waals surface area contributed by atoms with Gasteiger partial charge in [-0.05, 0) is 32.9 Å². The summed E-state index contributed by atoms with van der Waals surface area (Å²) in [6, 6.07) is 6.48. The zero-order chi connectivity index (χ0) is 13.9. The molecule has 0 saturated heterocycles. The topological polar surface area (TPSA) is 72.8 Å². The van der Waals surface area contributed by atoms with E-state index in [1.807, 2.05) is 0 Å². The molecule has 0 aromatic heterocycles. The molecule has 18 heavy (non-hydrogen) atoms. The molecule has 0 aliphatic carbocycles. The molecule has 6 heteroatoms. The predicted molar refractivity (Wildman–Crippen MR) is 71.4 cm³/mol. The Labute approximate surface area is 110 Å². The molecule has 1 rings (SSSR count). The molecule has 0 fully saturated rings. The van der Waals surface area contributed by atoms with E-state index in [9.17, 15) is 14.5 Å². The Balaban J connectivity index is 3.16. The maximum atomic E-state index is 12.2. The molecule has 1 N–H and O–H groups in total. The average molecular weight is 271 g/mol. The number of anilines is 1. The summed E-state index contributed by atoms with van der Waals surface area (Å²) in [5, 5.41) is 9.22. The van der Waals surface area contributed by atoms with Crippen molar-refractivity contribution in [3.8, 4) is 5.75 Å². The van der Waals surface area contributed by atoms with E-state index in [4.69, 9.17) is 4.74 Å². The first kappa shape index (κ1) is 14.7. The minimum Gasteiger partial charge on any atom is -0.592 e. The normalized spacial score (nSPS) is 12.9. The lowest BCUT2D eigenvalue weighted by Gasteiger charge is -2.30. The molecule has 1 aromatic rings. The van der Waals surface area contributed by atoms with Crippen LogP contribution in [0.25, 0.3) is 0 Å². The lowest BCUT2D eigenvalue weighted by Crippen LogP contribution is -2.45. The molecule has 0 bridgehead atoms. The number of amides is 1. The highest BCUT2D eigenvalue weighted by molar-refractivity contribution is 7.94. The molecule has 100 valence electrons. The number of methoxy groups -OCH3 is 1.